The maximum Gasteiger partial charge on any atom is 0.199 e. The highest BCUT2D eigenvalue weighted by Crippen LogP contribution is 2.48. The zero-order valence-electron chi connectivity index (χ0n) is 16.2. The van der Waals surface area contributed by atoms with Gasteiger partial charge in [-0.1, -0.05) is 0 Å². The van der Waals surface area contributed by atoms with Gasteiger partial charge in [-0.2, -0.15) is 0 Å². The van der Waals surface area contributed by atoms with E-state index in [1.165, 1.54) is 0 Å². The Morgan fingerprint density at radius 3 is 1.75 bits per heavy atom. The molecular formula is C22H18O4S2. The van der Waals surface area contributed by atoms with Crippen molar-refractivity contribution in [3.8, 4) is 5.75 Å². The van der Waals surface area contributed by atoms with Crippen LogP contribution in [0.1, 0.15) is 26.4 Å². The van der Waals surface area contributed by atoms with Crippen molar-refractivity contribution < 1.29 is 9.84 Å². The molecule has 0 amide bonds. The van der Waals surface area contributed by atoms with Crippen LogP contribution in [0.2, 0.25) is 0 Å². The smallest absolute Gasteiger partial charge is 0.199 e. The molecule has 0 unspecified atom stereocenters. The number of rotatable bonds is 2. The Hall–Kier alpha value is -2.28. The zero-order chi connectivity index (χ0) is 20.1. The first-order valence-electron chi connectivity index (χ1n) is 9.01. The summed E-state index contributed by atoms with van der Waals surface area (Å²) in [5.74, 6) is 0.459. The van der Waals surface area contributed by atoms with Crippen molar-refractivity contribution in [2.24, 2.45) is 0 Å². The minimum absolute atomic E-state index is 0.0768. The molecule has 3 aromatic carbocycles. The lowest BCUT2D eigenvalue weighted by Crippen LogP contribution is -2.04. The summed E-state index contributed by atoms with van der Waals surface area (Å²) in [4.78, 5) is 28.9. The third-order valence-corrected chi connectivity index (χ3v) is 8.50. The second kappa shape index (κ2) is 5.63. The van der Waals surface area contributed by atoms with E-state index in [0.29, 0.717) is 43.6 Å². The molecule has 5 rings (SSSR count). The van der Waals surface area contributed by atoms with Crippen LogP contribution in [-0.2, 0) is 6.61 Å². The molecule has 142 valence electrons. The highest BCUT2D eigenvalue weighted by atomic mass is 32.1. The van der Waals surface area contributed by atoms with Crippen LogP contribution in [0.25, 0.3) is 41.7 Å². The summed E-state index contributed by atoms with van der Waals surface area (Å²) in [6.45, 7) is 7.58. The fraction of sp³-hybridized carbons (Fsp3) is 0.273. The topological polar surface area (TPSA) is 63.6 Å². The van der Waals surface area contributed by atoms with Crippen LogP contribution in [0.15, 0.2) is 9.59 Å². The van der Waals surface area contributed by atoms with Gasteiger partial charge in [-0.25, -0.2) is 0 Å². The van der Waals surface area contributed by atoms with Crippen LogP contribution < -0.4 is 15.6 Å². The van der Waals surface area contributed by atoms with Gasteiger partial charge in [0.25, 0.3) is 0 Å². The van der Waals surface area contributed by atoms with Gasteiger partial charge in [0.15, 0.2) is 10.9 Å². The number of methoxy groups -OCH3 is 1. The third kappa shape index (κ3) is 1.83. The van der Waals surface area contributed by atoms with Crippen molar-refractivity contribution in [3.63, 3.8) is 0 Å². The van der Waals surface area contributed by atoms with Gasteiger partial charge in [0.05, 0.1) is 23.8 Å². The molecule has 0 aliphatic rings. The van der Waals surface area contributed by atoms with E-state index in [4.69, 9.17) is 4.74 Å². The van der Waals surface area contributed by atoms with Gasteiger partial charge in [-0.15, -0.1) is 22.7 Å². The first kappa shape index (κ1) is 17.8. The number of thiophene rings is 2. The maximum absolute atomic E-state index is 13.4. The Morgan fingerprint density at radius 2 is 1.25 bits per heavy atom. The number of fused-ring (bicyclic) bond motifs is 6. The highest BCUT2D eigenvalue weighted by molar-refractivity contribution is 7.21. The third-order valence-electron chi connectivity index (χ3n) is 6.05. The average Bonchev–Trinajstić information content (AvgIpc) is 3.32. The molecule has 0 radical (unpaired) electrons. The molecule has 0 aliphatic heterocycles. The van der Waals surface area contributed by atoms with E-state index in [0.717, 1.165) is 30.3 Å². The van der Waals surface area contributed by atoms with E-state index in [2.05, 4.69) is 0 Å². The second-order valence-corrected chi connectivity index (χ2v) is 9.75. The van der Waals surface area contributed by atoms with E-state index in [9.17, 15) is 14.7 Å². The molecule has 2 aromatic heterocycles. The molecule has 2 heterocycles. The molecule has 0 fully saturated rings. The summed E-state index contributed by atoms with van der Waals surface area (Å²) in [6, 6.07) is 0. The number of hydrogen-bond donors (Lipinski definition) is 1. The van der Waals surface area contributed by atoms with Crippen molar-refractivity contribution >= 4 is 64.4 Å². The maximum atomic E-state index is 13.4. The van der Waals surface area contributed by atoms with Crippen molar-refractivity contribution in [2.75, 3.05) is 7.11 Å². The van der Waals surface area contributed by atoms with Gasteiger partial charge in [0.1, 0.15) is 5.75 Å². The van der Waals surface area contributed by atoms with Gasteiger partial charge < -0.3 is 9.84 Å². The standard InChI is InChI=1S/C22H18O4S2/c1-7-10(4)28-22-12(7)18(24)14-11(6-23)15-16(20(26-5)17(14)22)19(25)13-8(2)9(3)27-21(13)15/h23H,6H2,1-5H3. The lowest BCUT2D eigenvalue weighted by atomic mass is 10.0. The summed E-state index contributed by atoms with van der Waals surface area (Å²) < 4.78 is 7.44. The molecule has 0 saturated heterocycles. The summed E-state index contributed by atoms with van der Waals surface area (Å²) in [5.41, 5.74) is 2.31. The van der Waals surface area contributed by atoms with Crippen molar-refractivity contribution in [1.82, 2.24) is 0 Å². The first-order valence-corrected chi connectivity index (χ1v) is 10.6. The Kier molecular flexibility index (Phi) is 3.58. The van der Waals surface area contributed by atoms with E-state index >= 15 is 0 Å². The molecule has 4 nitrogen and oxygen atoms in total. The molecule has 28 heavy (non-hydrogen) atoms. The van der Waals surface area contributed by atoms with Crippen LogP contribution in [0.4, 0.5) is 0 Å². The molecule has 0 spiro atoms. The van der Waals surface area contributed by atoms with Crippen LogP contribution >= 0.6 is 22.7 Å². The zero-order valence-corrected chi connectivity index (χ0v) is 17.8. The van der Waals surface area contributed by atoms with Crippen LogP contribution in [0.5, 0.6) is 5.75 Å². The molecule has 0 bridgehead atoms. The Bertz CT molecular complexity index is 1440. The SMILES string of the molecule is COc1c2c(=O)c3c(C)c(C)sc3c2c(CO)c2c(=O)c3c(C)c(C)sc3c12. The van der Waals surface area contributed by atoms with E-state index in [1.807, 2.05) is 27.7 Å². The normalized spacial score (nSPS) is 12.4. The van der Waals surface area contributed by atoms with E-state index in [1.54, 1.807) is 29.8 Å². The summed E-state index contributed by atoms with van der Waals surface area (Å²) in [7, 11) is 1.54. The molecule has 5 aromatic rings. The van der Waals surface area contributed by atoms with Gasteiger partial charge in [0.2, 0.25) is 0 Å². The average molecular weight is 411 g/mol. The molecule has 0 aliphatic carbocycles. The van der Waals surface area contributed by atoms with Crippen LogP contribution in [0, 0.1) is 27.7 Å². The minimum atomic E-state index is -0.296. The van der Waals surface area contributed by atoms with E-state index < -0.39 is 0 Å². The predicted octanol–water partition coefficient (Wildman–Crippen LogP) is 4.75. The van der Waals surface area contributed by atoms with Gasteiger partial charge >= 0.3 is 0 Å². The number of aliphatic hydroxyl groups excluding tert-OH is 1. The fourth-order valence-electron chi connectivity index (χ4n) is 4.48. The Balaban J connectivity index is 2.24. The van der Waals surface area contributed by atoms with Gasteiger partial charge in [-0.3, -0.25) is 9.59 Å². The molecule has 0 atom stereocenters. The molecule has 0 saturated carbocycles. The predicted molar refractivity (Wildman–Crippen MR) is 119 cm³/mol. The fourth-order valence-corrected chi connectivity index (χ4v) is 6.92. The molecular weight excluding hydrogens is 392 g/mol. The van der Waals surface area contributed by atoms with Gasteiger partial charge in [0, 0.05) is 41.4 Å². The van der Waals surface area contributed by atoms with E-state index in [-0.39, 0.29) is 17.5 Å². The quantitative estimate of drug-likeness (QED) is 0.456. The van der Waals surface area contributed by atoms with Crippen molar-refractivity contribution in [1.29, 1.82) is 0 Å². The second-order valence-electron chi connectivity index (χ2n) is 7.30. The number of aryl methyl sites for hydroxylation is 4. The number of aliphatic hydroxyl groups is 1. The van der Waals surface area contributed by atoms with Crippen LogP contribution in [-0.4, -0.2) is 12.2 Å². The first-order chi connectivity index (χ1) is 13.3. The Labute approximate surface area is 168 Å². The van der Waals surface area contributed by atoms with Crippen molar-refractivity contribution in [3.05, 3.63) is 46.9 Å². The number of benzene rings is 1. The largest absolute Gasteiger partial charge is 0.495 e. The lowest BCUT2D eigenvalue weighted by Gasteiger charge is -2.09. The summed E-state index contributed by atoms with van der Waals surface area (Å²) in [6.07, 6.45) is 0. The van der Waals surface area contributed by atoms with Crippen molar-refractivity contribution in [2.45, 2.75) is 34.3 Å². The number of ether oxygens (including phenoxy) is 1. The summed E-state index contributed by atoms with van der Waals surface area (Å²) in [5, 5.41) is 14.0. The number of hydrogen-bond acceptors (Lipinski definition) is 6. The van der Waals surface area contributed by atoms with Crippen LogP contribution in [0.3, 0.4) is 0 Å². The monoisotopic (exact) mass is 410 g/mol. The molecule has 6 heteroatoms. The minimum Gasteiger partial charge on any atom is -0.495 e. The lowest BCUT2D eigenvalue weighted by molar-refractivity contribution is 0.285. The molecule has 1 N–H and O–H groups in total. The van der Waals surface area contributed by atoms with Gasteiger partial charge in [-0.05, 0) is 44.4 Å². The highest BCUT2D eigenvalue weighted by Gasteiger charge is 2.29. The summed E-state index contributed by atoms with van der Waals surface area (Å²) >= 11 is 3.09. The Morgan fingerprint density at radius 1 is 0.750 bits per heavy atom.